The standard InChI is InChI=1S/C26H31N5O/c1-19-9-7-12-23(17-19)29-26(32)31-14-8-13-30(15-16-31)25-24(20(2)27-21(3)28-25)18-22-10-5-4-6-11-22/h4-7,9-12,17H,8,13-16,18H2,1-3H3,(H,29,32). The van der Waals surface area contributed by atoms with Crippen LogP contribution < -0.4 is 10.2 Å². The van der Waals surface area contributed by atoms with Crippen molar-refractivity contribution in [3.63, 3.8) is 0 Å². The molecule has 166 valence electrons. The highest BCUT2D eigenvalue weighted by molar-refractivity contribution is 5.89. The number of carbonyl (C=O) groups is 1. The third kappa shape index (κ3) is 5.25. The Bertz CT molecular complexity index is 1080. The third-order valence-corrected chi connectivity index (χ3v) is 5.88. The number of benzene rings is 2. The van der Waals surface area contributed by atoms with E-state index in [9.17, 15) is 4.79 Å². The molecule has 2 amide bonds. The molecule has 1 N–H and O–H groups in total. The van der Waals surface area contributed by atoms with Gasteiger partial charge in [-0.1, -0.05) is 42.5 Å². The molecule has 1 fully saturated rings. The van der Waals surface area contributed by atoms with E-state index in [1.165, 1.54) is 11.1 Å². The van der Waals surface area contributed by atoms with Gasteiger partial charge in [0.2, 0.25) is 0 Å². The van der Waals surface area contributed by atoms with Crippen molar-refractivity contribution < 1.29 is 4.79 Å². The van der Waals surface area contributed by atoms with Gasteiger partial charge in [-0.3, -0.25) is 0 Å². The fourth-order valence-corrected chi connectivity index (χ4v) is 4.24. The van der Waals surface area contributed by atoms with E-state index in [-0.39, 0.29) is 6.03 Å². The average molecular weight is 430 g/mol. The van der Waals surface area contributed by atoms with Gasteiger partial charge in [-0.25, -0.2) is 14.8 Å². The summed E-state index contributed by atoms with van der Waals surface area (Å²) in [7, 11) is 0. The van der Waals surface area contributed by atoms with Crippen LogP contribution in [0.2, 0.25) is 0 Å². The first kappa shape index (κ1) is 21.8. The van der Waals surface area contributed by atoms with Crippen LogP contribution in [-0.2, 0) is 6.42 Å². The monoisotopic (exact) mass is 429 g/mol. The number of aromatic nitrogens is 2. The van der Waals surface area contributed by atoms with Crippen molar-refractivity contribution in [3.8, 4) is 0 Å². The van der Waals surface area contributed by atoms with E-state index in [0.717, 1.165) is 61.1 Å². The molecule has 1 aromatic heterocycles. The number of anilines is 2. The van der Waals surface area contributed by atoms with Gasteiger partial charge >= 0.3 is 6.03 Å². The second kappa shape index (κ2) is 9.81. The molecular formula is C26H31N5O. The van der Waals surface area contributed by atoms with Crippen LogP contribution in [0.15, 0.2) is 54.6 Å². The summed E-state index contributed by atoms with van der Waals surface area (Å²) in [5.41, 5.74) is 5.40. The molecule has 1 saturated heterocycles. The van der Waals surface area contributed by atoms with Crippen LogP contribution in [0.3, 0.4) is 0 Å². The Morgan fingerprint density at radius 1 is 0.938 bits per heavy atom. The summed E-state index contributed by atoms with van der Waals surface area (Å²) in [6.45, 7) is 9.04. The molecule has 2 heterocycles. The maximum Gasteiger partial charge on any atom is 0.321 e. The molecule has 1 aliphatic heterocycles. The van der Waals surface area contributed by atoms with E-state index < -0.39 is 0 Å². The molecule has 4 rings (SSSR count). The molecule has 1 aliphatic rings. The number of aryl methyl sites for hydroxylation is 3. The first-order chi connectivity index (χ1) is 15.5. The minimum Gasteiger partial charge on any atom is -0.354 e. The van der Waals surface area contributed by atoms with Crippen molar-refractivity contribution in [3.05, 3.63) is 82.8 Å². The number of hydrogen-bond donors (Lipinski definition) is 1. The minimum absolute atomic E-state index is 0.0444. The predicted octanol–water partition coefficient (Wildman–Crippen LogP) is 4.74. The van der Waals surface area contributed by atoms with Gasteiger partial charge in [0.05, 0.1) is 0 Å². The Hall–Kier alpha value is -3.41. The third-order valence-electron chi connectivity index (χ3n) is 5.88. The van der Waals surface area contributed by atoms with Crippen LogP contribution in [0.4, 0.5) is 16.3 Å². The fourth-order valence-electron chi connectivity index (χ4n) is 4.24. The van der Waals surface area contributed by atoms with Gasteiger partial charge < -0.3 is 15.1 Å². The molecule has 32 heavy (non-hydrogen) atoms. The zero-order valence-corrected chi connectivity index (χ0v) is 19.1. The lowest BCUT2D eigenvalue weighted by Crippen LogP contribution is -2.38. The quantitative estimate of drug-likeness (QED) is 0.651. The number of amides is 2. The van der Waals surface area contributed by atoms with E-state index in [2.05, 4.69) is 46.4 Å². The number of nitrogens with zero attached hydrogens (tertiary/aromatic N) is 4. The molecule has 0 radical (unpaired) electrons. The van der Waals surface area contributed by atoms with Gasteiger partial charge in [-0.15, -0.1) is 0 Å². The largest absolute Gasteiger partial charge is 0.354 e. The lowest BCUT2D eigenvalue weighted by Gasteiger charge is -2.26. The van der Waals surface area contributed by atoms with Crippen molar-refractivity contribution >= 4 is 17.5 Å². The maximum absolute atomic E-state index is 12.9. The summed E-state index contributed by atoms with van der Waals surface area (Å²) < 4.78 is 0. The Labute approximate surface area is 190 Å². The molecule has 2 aromatic carbocycles. The molecule has 0 spiro atoms. The van der Waals surface area contributed by atoms with Crippen molar-refractivity contribution in [1.82, 2.24) is 14.9 Å². The summed E-state index contributed by atoms with van der Waals surface area (Å²) in [4.78, 5) is 26.6. The van der Waals surface area contributed by atoms with E-state index in [1.807, 2.05) is 49.1 Å². The molecule has 0 bridgehead atoms. The average Bonchev–Trinajstić information content (AvgIpc) is 3.02. The van der Waals surface area contributed by atoms with Crippen molar-refractivity contribution in [2.45, 2.75) is 33.6 Å². The van der Waals surface area contributed by atoms with E-state index in [4.69, 9.17) is 4.98 Å². The Morgan fingerprint density at radius 2 is 1.75 bits per heavy atom. The van der Waals surface area contributed by atoms with Gasteiger partial charge in [-0.2, -0.15) is 0 Å². The summed E-state index contributed by atoms with van der Waals surface area (Å²) >= 11 is 0. The van der Waals surface area contributed by atoms with Gasteiger partial charge in [-0.05, 0) is 50.5 Å². The van der Waals surface area contributed by atoms with Crippen LogP contribution in [-0.4, -0.2) is 47.1 Å². The predicted molar refractivity (Wildman–Crippen MR) is 129 cm³/mol. The van der Waals surface area contributed by atoms with Crippen LogP contribution >= 0.6 is 0 Å². The number of nitrogens with one attached hydrogen (secondary N) is 1. The Balaban J connectivity index is 1.50. The summed E-state index contributed by atoms with van der Waals surface area (Å²) in [5, 5.41) is 3.04. The van der Waals surface area contributed by atoms with Gasteiger partial charge in [0.15, 0.2) is 0 Å². The number of rotatable bonds is 4. The molecule has 0 unspecified atom stereocenters. The van der Waals surface area contributed by atoms with E-state index in [1.54, 1.807) is 0 Å². The smallest absolute Gasteiger partial charge is 0.321 e. The molecule has 6 heteroatoms. The van der Waals surface area contributed by atoms with Gasteiger partial charge in [0, 0.05) is 49.5 Å². The zero-order chi connectivity index (χ0) is 22.5. The zero-order valence-electron chi connectivity index (χ0n) is 19.1. The Morgan fingerprint density at radius 3 is 2.53 bits per heavy atom. The van der Waals surface area contributed by atoms with E-state index in [0.29, 0.717) is 6.54 Å². The van der Waals surface area contributed by atoms with Crippen molar-refractivity contribution in [2.75, 3.05) is 36.4 Å². The molecule has 3 aromatic rings. The fraction of sp³-hybridized carbons (Fsp3) is 0.346. The highest BCUT2D eigenvalue weighted by atomic mass is 16.2. The summed E-state index contributed by atoms with van der Waals surface area (Å²) in [6, 6.07) is 18.3. The number of carbonyl (C=O) groups excluding carboxylic acids is 1. The lowest BCUT2D eigenvalue weighted by molar-refractivity contribution is 0.215. The van der Waals surface area contributed by atoms with E-state index >= 15 is 0 Å². The Kier molecular flexibility index (Phi) is 6.69. The molecule has 6 nitrogen and oxygen atoms in total. The van der Waals surface area contributed by atoms with Crippen LogP contribution in [0.1, 0.15) is 34.6 Å². The second-order valence-corrected chi connectivity index (χ2v) is 8.45. The SMILES string of the molecule is Cc1cccc(NC(=O)N2CCCN(c3nc(C)nc(C)c3Cc3ccccc3)CC2)c1. The van der Waals surface area contributed by atoms with Gasteiger partial charge in [0.25, 0.3) is 0 Å². The van der Waals surface area contributed by atoms with Crippen LogP contribution in [0.5, 0.6) is 0 Å². The molecule has 0 atom stereocenters. The molecule has 0 saturated carbocycles. The second-order valence-electron chi connectivity index (χ2n) is 8.45. The van der Waals surface area contributed by atoms with Crippen LogP contribution in [0.25, 0.3) is 0 Å². The van der Waals surface area contributed by atoms with Gasteiger partial charge in [0.1, 0.15) is 11.6 Å². The summed E-state index contributed by atoms with van der Waals surface area (Å²) in [6.07, 6.45) is 1.70. The van der Waals surface area contributed by atoms with Crippen molar-refractivity contribution in [1.29, 1.82) is 0 Å². The topological polar surface area (TPSA) is 61.4 Å². The maximum atomic E-state index is 12.9. The molecule has 0 aliphatic carbocycles. The summed E-state index contributed by atoms with van der Waals surface area (Å²) in [5.74, 6) is 1.78. The molecular weight excluding hydrogens is 398 g/mol. The minimum atomic E-state index is -0.0444. The highest BCUT2D eigenvalue weighted by Crippen LogP contribution is 2.25. The first-order valence-corrected chi connectivity index (χ1v) is 11.2. The van der Waals surface area contributed by atoms with Crippen molar-refractivity contribution in [2.24, 2.45) is 0 Å². The normalized spacial score (nSPS) is 14.2. The lowest BCUT2D eigenvalue weighted by atomic mass is 10.0. The number of hydrogen-bond acceptors (Lipinski definition) is 4. The number of urea groups is 1. The van der Waals surface area contributed by atoms with Crippen LogP contribution in [0, 0.1) is 20.8 Å². The first-order valence-electron chi connectivity index (χ1n) is 11.2. The highest BCUT2D eigenvalue weighted by Gasteiger charge is 2.23.